The molecular formula is C9H13F3N4S. The Labute approximate surface area is 101 Å². The van der Waals surface area contributed by atoms with Gasteiger partial charge in [0.25, 0.3) is 0 Å². The number of hydrogen-bond acceptors (Lipinski definition) is 5. The molecule has 0 spiro atoms. The van der Waals surface area contributed by atoms with Gasteiger partial charge in [-0.2, -0.15) is 13.2 Å². The highest BCUT2D eigenvalue weighted by molar-refractivity contribution is 7.15. The van der Waals surface area contributed by atoms with E-state index in [0.29, 0.717) is 23.9 Å². The Balaban J connectivity index is 1.77. The van der Waals surface area contributed by atoms with Crippen LogP contribution >= 0.6 is 11.3 Å². The summed E-state index contributed by atoms with van der Waals surface area (Å²) in [4.78, 5) is 0. The van der Waals surface area contributed by atoms with Crippen molar-refractivity contribution in [2.45, 2.75) is 31.5 Å². The molecule has 0 bridgehead atoms. The smallest absolute Gasteiger partial charge is 0.360 e. The lowest BCUT2D eigenvalue weighted by atomic mass is 10.2. The van der Waals surface area contributed by atoms with Gasteiger partial charge in [0.05, 0.1) is 0 Å². The molecule has 0 amide bonds. The largest absolute Gasteiger partial charge is 0.445 e. The molecule has 8 heteroatoms. The molecule has 1 aromatic rings. The molecule has 17 heavy (non-hydrogen) atoms. The van der Waals surface area contributed by atoms with Crippen molar-refractivity contribution < 1.29 is 13.2 Å². The topological polar surface area (TPSA) is 49.8 Å². The maximum Gasteiger partial charge on any atom is 0.445 e. The van der Waals surface area contributed by atoms with Gasteiger partial charge in [-0.1, -0.05) is 11.3 Å². The van der Waals surface area contributed by atoms with E-state index in [1.165, 1.54) is 6.42 Å². The van der Waals surface area contributed by atoms with Crippen molar-refractivity contribution in [2.75, 3.05) is 18.4 Å². The van der Waals surface area contributed by atoms with Gasteiger partial charge < -0.3 is 10.6 Å². The average molecular weight is 266 g/mol. The maximum absolute atomic E-state index is 12.2. The van der Waals surface area contributed by atoms with Crippen molar-refractivity contribution in [3.63, 3.8) is 0 Å². The number of rotatable bonds is 4. The third kappa shape index (κ3) is 3.53. The van der Waals surface area contributed by atoms with Crippen molar-refractivity contribution in [3.05, 3.63) is 5.01 Å². The standard InChI is InChI=1S/C9H13F3N4S/c10-9(11,12)7-15-16-8(17-7)14-5-3-6-2-1-4-13-6/h6,13H,1-5H2,(H,14,16)/t6-/m1/s1. The maximum atomic E-state index is 12.2. The Bertz CT molecular complexity index is 359. The quantitative estimate of drug-likeness (QED) is 0.876. The fraction of sp³-hybridized carbons (Fsp3) is 0.778. The number of alkyl halides is 3. The molecule has 2 heterocycles. The summed E-state index contributed by atoms with van der Waals surface area (Å²) in [7, 11) is 0. The Morgan fingerprint density at radius 2 is 2.24 bits per heavy atom. The Morgan fingerprint density at radius 1 is 1.41 bits per heavy atom. The predicted molar refractivity (Wildman–Crippen MR) is 59.0 cm³/mol. The molecule has 0 aliphatic carbocycles. The van der Waals surface area contributed by atoms with Crippen molar-refractivity contribution >= 4 is 16.5 Å². The van der Waals surface area contributed by atoms with E-state index in [2.05, 4.69) is 20.8 Å². The van der Waals surface area contributed by atoms with Crippen LogP contribution in [0.3, 0.4) is 0 Å². The SMILES string of the molecule is FC(F)(F)c1nnc(NCC[C@H]2CCCN2)s1. The van der Waals surface area contributed by atoms with E-state index in [0.717, 1.165) is 19.4 Å². The predicted octanol–water partition coefficient (Wildman–Crippen LogP) is 2.11. The van der Waals surface area contributed by atoms with Crippen molar-refractivity contribution in [2.24, 2.45) is 0 Å². The number of hydrogen-bond donors (Lipinski definition) is 2. The van der Waals surface area contributed by atoms with Crippen LogP contribution in [0.4, 0.5) is 18.3 Å². The molecule has 2 rings (SSSR count). The van der Waals surface area contributed by atoms with Crippen molar-refractivity contribution in [1.82, 2.24) is 15.5 Å². The van der Waals surface area contributed by atoms with E-state index >= 15 is 0 Å². The molecule has 1 aromatic heterocycles. The molecule has 0 aromatic carbocycles. The molecule has 1 fully saturated rings. The monoisotopic (exact) mass is 266 g/mol. The van der Waals surface area contributed by atoms with Gasteiger partial charge >= 0.3 is 6.18 Å². The van der Waals surface area contributed by atoms with Crippen LogP contribution in [0.5, 0.6) is 0 Å². The zero-order valence-corrected chi connectivity index (χ0v) is 9.87. The fourth-order valence-electron chi connectivity index (χ4n) is 1.77. The Hall–Kier alpha value is -0.890. The van der Waals surface area contributed by atoms with Crippen LogP contribution in [-0.2, 0) is 6.18 Å². The number of nitrogens with one attached hydrogen (secondary N) is 2. The first-order valence-corrected chi connectivity index (χ1v) is 6.25. The zero-order valence-electron chi connectivity index (χ0n) is 9.05. The second-order valence-electron chi connectivity index (χ2n) is 3.92. The molecule has 96 valence electrons. The highest BCUT2D eigenvalue weighted by Crippen LogP contribution is 2.32. The molecule has 0 saturated carbocycles. The summed E-state index contributed by atoms with van der Waals surface area (Å²) in [5.74, 6) is 0. The van der Waals surface area contributed by atoms with Gasteiger partial charge in [-0.25, -0.2) is 0 Å². The first kappa shape index (κ1) is 12.6. The molecule has 4 nitrogen and oxygen atoms in total. The molecule has 1 aliphatic heterocycles. The summed E-state index contributed by atoms with van der Waals surface area (Å²) in [5, 5.41) is 12.1. The van der Waals surface area contributed by atoms with Gasteiger partial charge in [0.2, 0.25) is 10.1 Å². The molecule has 2 N–H and O–H groups in total. The summed E-state index contributed by atoms with van der Waals surface area (Å²) in [5.41, 5.74) is 0. The van der Waals surface area contributed by atoms with Crippen LogP contribution in [0.1, 0.15) is 24.3 Å². The van der Waals surface area contributed by atoms with E-state index in [-0.39, 0.29) is 5.13 Å². The van der Waals surface area contributed by atoms with Crippen LogP contribution < -0.4 is 10.6 Å². The molecule has 1 saturated heterocycles. The summed E-state index contributed by atoms with van der Waals surface area (Å²) in [6.07, 6.45) is -1.21. The minimum absolute atomic E-state index is 0.232. The van der Waals surface area contributed by atoms with Crippen molar-refractivity contribution in [1.29, 1.82) is 0 Å². The lowest BCUT2D eigenvalue weighted by Crippen LogP contribution is -2.24. The minimum atomic E-state index is -4.40. The number of nitrogens with zero attached hydrogens (tertiary/aromatic N) is 2. The second-order valence-corrected chi connectivity index (χ2v) is 4.90. The number of aromatic nitrogens is 2. The lowest BCUT2D eigenvalue weighted by molar-refractivity contribution is -0.138. The number of anilines is 1. The summed E-state index contributed by atoms with van der Waals surface area (Å²) >= 11 is 0.544. The zero-order chi connectivity index (χ0) is 12.3. The average Bonchev–Trinajstić information content (AvgIpc) is 2.86. The minimum Gasteiger partial charge on any atom is -0.360 e. The van der Waals surface area contributed by atoms with Gasteiger partial charge in [-0.05, 0) is 25.8 Å². The Morgan fingerprint density at radius 3 is 2.82 bits per heavy atom. The van der Waals surface area contributed by atoms with Crippen LogP contribution in [0, 0.1) is 0 Å². The summed E-state index contributed by atoms with van der Waals surface area (Å²) in [6.45, 7) is 1.64. The van der Waals surface area contributed by atoms with Gasteiger partial charge in [0.1, 0.15) is 0 Å². The first-order chi connectivity index (χ1) is 8.05. The molecule has 0 unspecified atom stereocenters. The Kier molecular flexibility index (Phi) is 3.82. The van der Waals surface area contributed by atoms with Gasteiger partial charge in [-0.3, -0.25) is 0 Å². The second kappa shape index (κ2) is 5.18. The molecule has 0 radical (unpaired) electrons. The van der Waals surface area contributed by atoms with E-state index in [4.69, 9.17) is 0 Å². The van der Waals surface area contributed by atoms with Crippen LogP contribution in [0.25, 0.3) is 0 Å². The number of halogens is 3. The third-order valence-corrected chi connectivity index (χ3v) is 3.52. The lowest BCUT2D eigenvalue weighted by Gasteiger charge is -2.09. The molecule has 1 atom stereocenters. The molecule has 1 aliphatic rings. The summed E-state index contributed by atoms with van der Waals surface area (Å²) < 4.78 is 36.7. The molecular weight excluding hydrogens is 253 g/mol. The van der Waals surface area contributed by atoms with E-state index in [9.17, 15) is 13.2 Å². The van der Waals surface area contributed by atoms with Gasteiger partial charge in [-0.15, -0.1) is 10.2 Å². The summed E-state index contributed by atoms with van der Waals surface area (Å²) in [6, 6.07) is 0.470. The van der Waals surface area contributed by atoms with E-state index in [1.807, 2.05) is 0 Å². The van der Waals surface area contributed by atoms with Gasteiger partial charge in [0.15, 0.2) is 0 Å². The highest BCUT2D eigenvalue weighted by Gasteiger charge is 2.35. The van der Waals surface area contributed by atoms with Crippen LogP contribution in [0.2, 0.25) is 0 Å². The van der Waals surface area contributed by atoms with Gasteiger partial charge in [0, 0.05) is 12.6 Å². The highest BCUT2D eigenvalue weighted by atomic mass is 32.1. The van der Waals surface area contributed by atoms with Crippen LogP contribution in [-0.4, -0.2) is 29.3 Å². The van der Waals surface area contributed by atoms with E-state index in [1.54, 1.807) is 0 Å². The third-order valence-electron chi connectivity index (χ3n) is 2.60. The fourth-order valence-corrected chi connectivity index (χ4v) is 2.40. The first-order valence-electron chi connectivity index (χ1n) is 5.43. The van der Waals surface area contributed by atoms with Crippen LogP contribution in [0.15, 0.2) is 0 Å². The normalized spacial score (nSPS) is 20.8. The van der Waals surface area contributed by atoms with E-state index < -0.39 is 11.2 Å². The van der Waals surface area contributed by atoms with Crippen molar-refractivity contribution in [3.8, 4) is 0 Å².